The predicted octanol–water partition coefficient (Wildman–Crippen LogP) is 9.48. The SMILES string of the molecule is C/C(C=O)=C\c1ccccc1.C/C=C\C[Si]1(Cl)N(CC)C2CCCC[C@@H]2N1CC.C=C[C@H](C)C(=O)/C(C)=C/c1ccccc1. The van der Waals surface area contributed by atoms with Gasteiger partial charge in [-0.05, 0) is 81.1 Å². The van der Waals surface area contributed by atoms with Crippen LogP contribution < -0.4 is 0 Å². The summed E-state index contributed by atoms with van der Waals surface area (Å²) in [6, 6.07) is 22.2. The lowest BCUT2D eigenvalue weighted by atomic mass is 9.90. The molecule has 1 saturated heterocycles. The Kier molecular flexibility index (Phi) is 16.6. The Morgan fingerprint density at radius 2 is 1.41 bits per heavy atom. The van der Waals surface area contributed by atoms with Crippen molar-refractivity contribution in [3.05, 3.63) is 108 Å². The van der Waals surface area contributed by atoms with Crippen molar-refractivity contribution in [2.45, 2.75) is 85.4 Å². The number of likely N-dealkylation sites (N-methyl/N-ethyl adjacent to an activating group) is 2. The van der Waals surface area contributed by atoms with E-state index in [1.54, 1.807) is 13.0 Å². The highest BCUT2D eigenvalue weighted by atomic mass is 35.6. The standard InChI is InChI=1S/C14H27ClN2Si.C14H16O.C10H10O/c1-4-7-12-18(15)16(5-2)13-10-8-9-11-14(13)17(18)6-3;1-4-11(2)14(15)12(3)10-13-8-6-5-7-9-13;1-9(8-11)7-10-5-3-2-4-6-10/h4,7,13-14H,5-6,8-12H2,1-3H3;4-11H,1H2,2-3H3;2-8H,1H3/b7-4-;12-10+;9-7+/t13-,14?,18?;11-;/m00./s1. The number of aldehydes is 1. The van der Waals surface area contributed by atoms with Crippen molar-refractivity contribution in [3.63, 3.8) is 0 Å². The number of benzene rings is 2. The maximum atomic E-state index is 11.7. The molecule has 1 aliphatic heterocycles. The molecule has 0 bridgehead atoms. The number of carbonyl (C=O) groups excluding carboxylic acids is 2. The smallest absolute Gasteiger partial charge is 0.298 e. The summed E-state index contributed by atoms with van der Waals surface area (Å²) in [7, 11) is -1.94. The minimum Gasteiger partial charge on any atom is -0.298 e. The lowest BCUT2D eigenvalue weighted by molar-refractivity contribution is -0.117. The summed E-state index contributed by atoms with van der Waals surface area (Å²) in [5, 5.41) is 0. The summed E-state index contributed by atoms with van der Waals surface area (Å²) >= 11 is 7.20. The van der Waals surface area contributed by atoms with Crippen LogP contribution in [0.3, 0.4) is 0 Å². The zero-order valence-corrected chi connectivity index (χ0v) is 29.5. The predicted molar refractivity (Wildman–Crippen MR) is 193 cm³/mol. The van der Waals surface area contributed by atoms with Gasteiger partial charge < -0.3 is 0 Å². The van der Waals surface area contributed by atoms with Crippen LogP contribution in [0.2, 0.25) is 6.04 Å². The molecule has 0 radical (unpaired) electrons. The van der Waals surface area contributed by atoms with E-state index in [1.165, 1.54) is 25.7 Å². The molecular weight excluding hydrogens is 580 g/mol. The molecule has 1 aliphatic carbocycles. The first-order valence-corrected chi connectivity index (χ1v) is 19.2. The zero-order chi connectivity index (χ0) is 32.5. The van der Waals surface area contributed by atoms with Crippen molar-refractivity contribution in [2.75, 3.05) is 13.1 Å². The molecule has 2 unspecified atom stereocenters. The molecule has 44 heavy (non-hydrogen) atoms. The van der Waals surface area contributed by atoms with E-state index in [0.717, 1.165) is 59.8 Å². The number of halogens is 1. The van der Waals surface area contributed by atoms with Gasteiger partial charge in [0.2, 0.25) is 0 Å². The maximum Gasteiger partial charge on any atom is 0.311 e. The normalized spacial score (nSPS) is 23.1. The molecule has 2 aliphatic rings. The molecular formula is C38H53ClN2O2Si. The first kappa shape index (κ1) is 37.4. The second-order valence-corrected chi connectivity index (χ2v) is 16.3. The summed E-state index contributed by atoms with van der Waals surface area (Å²) in [6.07, 6.45) is 16.2. The number of fused-ring (bicyclic) bond motifs is 1. The molecule has 1 saturated carbocycles. The Labute approximate surface area is 273 Å². The van der Waals surface area contributed by atoms with E-state index in [9.17, 15) is 9.59 Å². The zero-order valence-electron chi connectivity index (χ0n) is 27.7. The Morgan fingerprint density at radius 1 is 0.932 bits per heavy atom. The second kappa shape index (κ2) is 19.5. The molecule has 4 atom stereocenters. The molecule has 0 aromatic heterocycles. The number of ketones is 1. The summed E-state index contributed by atoms with van der Waals surface area (Å²) in [6.45, 7) is 18.0. The number of rotatable bonds is 10. The average Bonchev–Trinajstić information content (AvgIpc) is 3.30. The second-order valence-electron chi connectivity index (χ2n) is 11.5. The number of hydrogen-bond acceptors (Lipinski definition) is 4. The highest BCUT2D eigenvalue weighted by molar-refractivity contribution is 7.17. The van der Waals surface area contributed by atoms with Gasteiger partial charge in [0.05, 0.1) is 0 Å². The quantitative estimate of drug-likeness (QED) is 0.0860. The molecule has 0 N–H and O–H groups in total. The number of allylic oxidation sites excluding steroid dienone is 5. The molecule has 2 fully saturated rings. The molecule has 6 heteroatoms. The fourth-order valence-corrected chi connectivity index (χ4v) is 11.8. The van der Waals surface area contributed by atoms with Crippen LogP contribution in [0, 0.1) is 5.92 Å². The van der Waals surface area contributed by atoms with E-state index in [0.29, 0.717) is 0 Å². The average molecular weight is 633 g/mol. The maximum absolute atomic E-state index is 11.7. The van der Waals surface area contributed by atoms with Crippen molar-refractivity contribution in [1.29, 1.82) is 0 Å². The van der Waals surface area contributed by atoms with Crippen LogP contribution in [0.4, 0.5) is 0 Å². The van der Waals surface area contributed by atoms with Crippen molar-refractivity contribution >= 4 is 43.0 Å². The van der Waals surface area contributed by atoms with Crippen LogP contribution in [0.15, 0.2) is 96.6 Å². The molecule has 4 nitrogen and oxygen atoms in total. The number of hydrogen-bond donors (Lipinski definition) is 0. The van der Waals surface area contributed by atoms with Crippen LogP contribution >= 0.6 is 11.1 Å². The Morgan fingerprint density at radius 3 is 1.82 bits per heavy atom. The summed E-state index contributed by atoms with van der Waals surface area (Å²) in [5.41, 5.74) is 3.64. The van der Waals surface area contributed by atoms with Gasteiger partial charge in [-0.15, -0.1) is 17.7 Å². The van der Waals surface area contributed by atoms with Gasteiger partial charge in [0.1, 0.15) is 6.29 Å². The van der Waals surface area contributed by atoms with Crippen molar-refractivity contribution in [3.8, 4) is 0 Å². The number of Topliss-reactive ketones (excluding diaryl/α,β-unsaturated/α-hetero) is 1. The van der Waals surface area contributed by atoms with Crippen LogP contribution in [-0.4, -0.2) is 54.1 Å². The monoisotopic (exact) mass is 632 g/mol. The van der Waals surface area contributed by atoms with Crippen LogP contribution in [-0.2, 0) is 9.59 Å². The number of nitrogens with zero attached hydrogens (tertiary/aromatic N) is 2. The molecule has 4 rings (SSSR count). The molecule has 0 amide bonds. The van der Waals surface area contributed by atoms with E-state index in [-0.39, 0.29) is 11.7 Å². The third-order valence-corrected chi connectivity index (χ3v) is 14.0. The van der Waals surface area contributed by atoms with Gasteiger partial charge in [0, 0.05) is 24.0 Å². The topological polar surface area (TPSA) is 40.6 Å². The lowest BCUT2D eigenvalue weighted by Crippen LogP contribution is -2.55. The van der Waals surface area contributed by atoms with E-state index < -0.39 is 7.71 Å². The number of carbonyl (C=O) groups is 2. The van der Waals surface area contributed by atoms with Gasteiger partial charge in [-0.1, -0.05) is 113 Å². The van der Waals surface area contributed by atoms with Gasteiger partial charge in [0.25, 0.3) is 0 Å². The molecule has 0 spiro atoms. The van der Waals surface area contributed by atoms with Crippen LogP contribution in [0.5, 0.6) is 0 Å². The van der Waals surface area contributed by atoms with Crippen molar-refractivity contribution in [1.82, 2.24) is 9.13 Å². The Bertz CT molecular complexity index is 1240. The van der Waals surface area contributed by atoms with E-state index >= 15 is 0 Å². The van der Waals surface area contributed by atoms with E-state index in [4.69, 9.17) is 11.1 Å². The summed E-state index contributed by atoms with van der Waals surface area (Å²) in [4.78, 5) is 22.0. The minimum absolute atomic E-state index is 0.107. The highest BCUT2D eigenvalue weighted by Gasteiger charge is 2.57. The minimum atomic E-state index is -1.94. The largest absolute Gasteiger partial charge is 0.311 e. The third-order valence-electron chi connectivity index (χ3n) is 8.39. The van der Waals surface area contributed by atoms with Gasteiger partial charge in [-0.2, -0.15) is 0 Å². The van der Waals surface area contributed by atoms with Gasteiger partial charge >= 0.3 is 7.71 Å². The third kappa shape index (κ3) is 10.7. The molecule has 2 aromatic carbocycles. The first-order chi connectivity index (χ1) is 21.2. The van der Waals surface area contributed by atoms with Crippen molar-refractivity contribution in [2.24, 2.45) is 5.92 Å². The van der Waals surface area contributed by atoms with Gasteiger partial charge in [-0.3, -0.25) is 18.7 Å². The van der Waals surface area contributed by atoms with Crippen LogP contribution in [0.1, 0.15) is 78.4 Å². The summed E-state index contributed by atoms with van der Waals surface area (Å²) in [5.74, 6) is 0.0267. The Balaban J connectivity index is 0.000000237. The van der Waals surface area contributed by atoms with E-state index in [1.807, 2.05) is 86.7 Å². The fourth-order valence-electron chi connectivity index (χ4n) is 6.13. The van der Waals surface area contributed by atoms with Crippen molar-refractivity contribution < 1.29 is 9.59 Å². The molecule has 2 aromatic rings. The molecule has 238 valence electrons. The Hall–Kier alpha value is -2.83. The van der Waals surface area contributed by atoms with Crippen LogP contribution in [0.25, 0.3) is 12.2 Å². The molecule has 1 heterocycles. The van der Waals surface area contributed by atoms with Gasteiger partial charge in [0.15, 0.2) is 5.78 Å². The summed E-state index contributed by atoms with van der Waals surface area (Å²) < 4.78 is 5.36. The fraction of sp³-hybridized carbons (Fsp3) is 0.421. The first-order valence-electron chi connectivity index (χ1n) is 16.1. The van der Waals surface area contributed by atoms with E-state index in [2.05, 4.69) is 48.6 Å². The lowest BCUT2D eigenvalue weighted by Gasteiger charge is -2.35. The van der Waals surface area contributed by atoms with Gasteiger partial charge in [-0.25, -0.2) is 0 Å². The highest BCUT2D eigenvalue weighted by Crippen LogP contribution is 2.43.